The number of rotatable bonds is 11. The van der Waals surface area contributed by atoms with Crippen molar-refractivity contribution >= 4 is 5.97 Å². The molecular formula is C26H29NO4. The SMILES string of the molecule is CCC(C(=O)O)N(Cc1ccccc1)Cc1cccc(OCCc2cccc(O)c2)c1. The van der Waals surface area contributed by atoms with Crippen molar-refractivity contribution in [3.05, 3.63) is 95.6 Å². The molecule has 0 saturated carbocycles. The minimum Gasteiger partial charge on any atom is -0.508 e. The minimum atomic E-state index is -0.808. The van der Waals surface area contributed by atoms with Crippen LogP contribution < -0.4 is 4.74 Å². The summed E-state index contributed by atoms with van der Waals surface area (Å²) in [6.07, 6.45) is 1.22. The number of carboxylic acid groups (broad SMARTS) is 1. The maximum absolute atomic E-state index is 11.8. The first-order valence-electron chi connectivity index (χ1n) is 10.6. The molecule has 0 radical (unpaired) electrons. The Hall–Kier alpha value is -3.31. The second-order valence-corrected chi connectivity index (χ2v) is 7.57. The molecule has 0 aliphatic heterocycles. The molecule has 5 heteroatoms. The molecule has 5 nitrogen and oxygen atoms in total. The predicted octanol–water partition coefficient (Wildman–Crippen LogP) is 4.88. The van der Waals surface area contributed by atoms with Crippen LogP contribution >= 0.6 is 0 Å². The largest absolute Gasteiger partial charge is 0.508 e. The first-order valence-corrected chi connectivity index (χ1v) is 10.6. The second-order valence-electron chi connectivity index (χ2n) is 7.57. The third kappa shape index (κ3) is 6.86. The fourth-order valence-corrected chi connectivity index (χ4v) is 3.65. The van der Waals surface area contributed by atoms with E-state index < -0.39 is 12.0 Å². The quantitative estimate of drug-likeness (QED) is 0.464. The highest BCUT2D eigenvalue weighted by molar-refractivity contribution is 5.73. The van der Waals surface area contributed by atoms with E-state index in [0.717, 1.165) is 22.4 Å². The second kappa shape index (κ2) is 11.2. The lowest BCUT2D eigenvalue weighted by Crippen LogP contribution is -2.39. The molecule has 0 aliphatic rings. The van der Waals surface area contributed by atoms with Gasteiger partial charge in [-0.15, -0.1) is 0 Å². The molecule has 0 heterocycles. The van der Waals surface area contributed by atoms with Crippen molar-refractivity contribution in [3.63, 3.8) is 0 Å². The van der Waals surface area contributed by atoms with E-state index in [0.29, 0.717) is 32.5 Å². The maximum atomic E-state index is 11.8. The smallest absolute Gasteiger partial charge is 0.320 e. The summed E-state index contributed by atoms with van der Waals surface area (Å²) in [5, 5.41) is 19.3. The van der Waals surface area contributed by atoms with Gasteiger partial charge in [-0.25, -0.2) is 0 Å². The van der Waals surface area contributed by atoms with Crippen molar-refractivity contribution in [1.82, 2.24) is 4.90 Å². The van der Waals surface area contributed by atoms with Gasteiger partial charge in [0.05, 0.1) is 6.61 Å². The Balaban J connectivity index is 1.67. The van der Waals surface area contributed by atoms with Gasteiger partial charge in [0.2, 0.25) is 0 Å². The first-order chi connectivity index (χ1) is 15.0. The molecule has 0 spiro atoms. The number of phenolic OH excluding ortho intramolecular Hbond substituents is 1. The van der Waals surface area contributed by atoms with Crippen LogP contribution in [0.2, 0.25) is 0 Å². The molecule has 31 heavy (non-hydrogen) atoms. The van der Waals surface area contributed by atoms with Gasteiger partial charge in [0.25, 0.3) is 0 Å². The van der Waals surface area contributed by atoms with Gasteiger partial charge in [-0.1, -0.05) is 61.5 Å². The van der Waals surface area contributed by atoms with Gasteiger partial charge in [-0.05, 0) is 47.4 Å². The van der Waals surface area contributed by atoms with Crippen LogP contribution in [0.3, 0.4) is 0 Å². The van der Waals surface area contributed by atoms with E-state index in [-0.39, 0.29) is 5.75 Å². The molecule has 3 rings (SSSR count). The first kappa shape index (κ1) is 22.4. The summed E-state index contributed by atoms with van der Waals surface area (Å²) in [5.41, 5.74) is 3.10. The molecule has 0 saturated heterocycles. The number of ether oxygens (including phenoxy) is 1. The number of aromatic hydroxyl groups is 1. The highest BCUT2D eigenvalue weighted by atomic mass is 16.5. The van der Waals surface area contributed by atoms with Crippen molar-refractivity contribution in [2.75, 3.05) is 6.61 Å². The standard InChI is InChI=1S/C26H29NO4/c1-2-25(26(29)30)27(18-21-8-4-3-5-9-21)19-22-11-7-13-24(17-22)31-15-14-20-10-6-12-23(28)16-20/h3-13,16-17,25,28H,2,14-15,18-19H2,1H3,(H,29,30). The van der Waals surface area contributed by atoms with E-state index in [9.17, 15) is 15.0 Å². The predicted molar refractivity (Wildman–Crippen MR) is 121 cm³/mol. The zero-order chi connectivity index (χ0) is 22.1. The van der Waals surface area contributed by atoms with E-state index >= 15 is 0 Å². The monoisotopic (exact) mass is 419 g/mol. The molecule has 2 N–H and O–H groups in total. The van der Waals surface area contributed by atoms with Crippen molar-refractivity contribution < 1.29 is 19.7 Å². The summed E-state index contributed by atoms with van der Waals surface area (Å²) in [6.45, 7) is 3.47. The third-order valence-electron chi connectivity index (χ3n) is 5.20. The number of carboxylic acids is 1. The van der Waals surface area contributed by atoms with Crippen LogP contribution in [0.1, 0.15) is 30.0 Å². The highest BCUT2D eigenvalue weighted by Gasteiger charge is 2.24. The molecular weight excluding hydrogens is 390 g/mol. The molecule has 0 aromatic heterocycles. The third-order valence-corrected chi connectivity index (χ3v) is 5.20. The lowest BCUT2D eigenvalue weighted by atomic mass is 10.1. The van der Waals surface area contributed by atoms with Crippen LogP contribution in [0, 0.1) is 0 Å². The zero-order valence-electron chi connectivity index (χ0n) is 17.8. The van der Waals surface area contributed by atoms with Crippen LogP contribution in [0.4, 0.5) is 0 Å². The average Bonchev–Trinajstić information content (AvgIpc) is 2.75. The van der Waals surface area contributed by atoms with E-state index in [4.69, 9.17) is 4.74 Å². The number of benzene rings is 3. The lowest BCUT2D eigenvalue weighted by Gasteiger charge is -2.28. The molecule has 162 valence electrons. The van der Waals surface area contributed by atoms with E-state index in [2.05, 4.69) is 0 Å². The van der Waals surface area contributed by atoms with Crippen molar-refractivity contribution in [3.8, 4) is 11.5 Å². The van der Waals surface area contributed by atoms with Crippen LogP contribution in [-0.4, -0.2) is 33.7 Å². The molecule has 0 bridgehead atoms. The minimum absolute atomic E-state index is 0.252. The zero-order valence-corrected chi connectivity index (χ0v) is 17.8. The molecule has 3 aromatic carbocycles. The Kier molecular flexibility index (Phi) is 8.07. The van der Waals surface area contributed by atoms with Crippen LogP contribution in [0.5, 0.6) is 11.5 Å². The van der Waals surface area contributed by atoms with Crippen LogP contribution in [0.25, 0.3) is 0 Å². The molecule has 0 amide bonds. The Morgan fingerprint density at radius 2 is 1.58 bits per heavy atom. The summed E-state index contributed by atoms with van der Waals surface area (Å²) >= 11 is 0. The normalized spacial score (nSPS) is 11.9. The molecule has 3 aromatic rings. The van der Waals surface area contributed by atoms with E-state index in [1.165, 1.54) is 0 Å². The Labute approximate surface area is 183 Å². The highest BCUT2D eigenvalue weighted by Crippen LogP contribution is 2.20. The lowest BCUT2D eigenvalue weighted by molar-refractivity contribution is -0.144. The Bertz CT molecular complexity index is 974. The van der Waals surface area contributed by atoms with Gasteiger partial charge in [-0.3, -0.25) is 9.69 Å². The summed E-state index contributed by atoms with van der Waals surface area (Å²) in [5.74, 6) is 0.194. The summed E-state index contributed by atoms with van der Waals surface area (Å²) in [7, 11) is 0. The number of hydrogen-bond donors (Lipinski definition) is 2. The molecule has 0 aliphatic carbocycles. The van der Waals surface area contributed by atoms with Crippen molar-refractivity contribution in [1.29, 1.82) is 0 Å². The van der Waals surface area contributed by atoms with Crippen molar-refractivity contribution in [2.24, 2.45) is 0 Å². The summed E-state index contributed by atoms with van der Waals surface area (Å²) in [4.78, 5) is 13.8. The van der Waals surface area contributed by atoms with E-state index in [1.54, 1.807) is 12.1 Å². The van der Waals surface area contributed by atoms with Gasteiger partial charge in [0, 0.05) is 19.5 Å². The molecule has 0 fully saturated rings. The fourth-order valence-electron chi connectivity index (χ4n) is 3.65. The molecule has 1 unspecified atom stereocenters. The Morgan fingerprint density at radius 1 is 0.903 bits per heavy atom. The van der Waals surface area contributed by atoms with Crippen molar-refractivity contribution in [2.45, 2.75) is 38.9 Å². The average molecular weight is 420 g/mol. The fraction of sp³-hybridized carbons (Fsp3) is 0.269. The summed E-state index contributed by atoms with van der Waals surface area (Å²) < 4.78 is 5.91. The van der Waals surface area contributed by atoms with Crippen LogP contribution in [0.15, 0.2) is 78.9 Å². The number of phenols is 1. The molecule has 1 atom stereocenters. The topological polar surface area (TPSA) is 70.0 Å². The number of hydrogen-bond acceptors (Lipinski definition) is 4. The van der Waals surface area contributed by atoms with Gasteiger partial charge < -0.3 is 14.9 Å². The van der Waals surface area contributed by atoms with Gasteiger partial charge in [0.1, 0.15) is 17.5 Å². The van der Waals surface area contributed by atoms with Gasteiger partial charge in [-0.2, -0.15) is 0 Å². The Morgan fingerprint density at radius 3 is 2.29 bits per heavy atom. The van der Waals surface area contributed by atoms with Gasteiger partial charge >= 0.3 is 5.97 Å². The van der Waals surface area contributed by atoms with Gasteiger partial charge in [0.15, 0.2) is 0 Å². The number of aliphatic carboxylic acids is 1. The van der Waals surface area contributed by atoms with E-state index in [1.807, 2.05) is 78.6 Å². The van der Waals surface area contributed by atoms with Crippen LogP contribution in [-0.2, 0) is 24.3 Å². The maximum Gasteiger partial charge on any atom is 0.320 e. The number of carbonyl (C=O) groups is 1. The number of nitrogens with zero attached hydrogens (tertiary/aromatic N) is 1. The summed E-state index contributed by atoms with van der Waals surface area (Å²) in [6, 6.07) is 24.3.